The number of nitrogens with zero attached hydrogens (tertiary/aromatic N) is 2. The molecule has 4 rings (SSSR count). The quantitative estimate of drug-likeness (QED) is 0.764. The van der Waals surface area contributed by atoms with E-state index in [2.05, 4.69) is 22.2 Å². The molecule has 2 bridgehead atoms. The van der Waals surface area contributed by atoms with Gasteiger partial charge >= 0.3 is 0 Å². The number of piperidine rings is 1. The Morgan fingerprint density at radius 2 is 2.38 bits per heavy atom. The smallest absolute Gasteiger partial charge is 0.159 e. The second kappa shape index (κ2) is 4.42. The fraction of sp³-hybridized carbons (Fsp3) is 0.615. The standard InChI is InChI=1S/C13H18N2O/c1-2-11-6-9-15(8-1)12(10-11)3-4-13-5-7-14-16-13/h3-5,7,11-12H,1-2,6,8-10H2. The Hall–Kier alpha value is -1.09. The lowest BCUT2D eigenvalue weighted by molar-refractivity contribution is 0.176. The number of fused-ring (bicyclic) bond motifs is 4. The average molecular weight is 218 g/mol. The highest BCUT2D eigenvalue weighted by molar-refractivity contribution is 5.42. The van der Waals surface area contributed by atoms with Crippen LogP contribution in [0.4, 0.5) is 0 Å². The summed E-state index contributed by atoms with van der Waals surface area (Å²) in [5, 5.41) is 3.71. The van der Waals surface area contributed by atoms with Crippen LogP contribution >= 0.6 is 0 Å². The Bertz CT molecular complexity index is 354. The van der Waals surface area contributed by atoms with E-state index in [1.165, 1.54) is 38.8 Å². The van der Waals surface area contributed by atoms with Crippen LogP contribution in [0.1, 0.15) is 31.4 Å². The van der Waals surface area contributed by atoms with Gasteiger partial charge in [0.05, 0.1) is 6.20 Å². The van der Waals surface area contributed by atoms with Crippen LogP contribution < -0.4 is 0 Å². The second-order valence-electron chi connectivity index (χ2n) is 4.91. The molecular weight excluding hydrogens is 200 g/mol. The van der Waals surface area contributed by atoms with Gasteiger partial charge < -0.3 is 4.52 Å². The highest BCUT2D eigenvalue weighted by Gasteiger charge is 2.29. The fourth-order valence-corrected chi connectivity index (χ4v) is 2.96. The van der Waals surface area contributed by atoms with Gasteiger partial charge in [0.15, 0.2) is 5.76 Å². The van der Waals surface area contributed by atoms with Crippen LogP contribution in [0.2, 0.25) is 0 Å². The maximum absolute atomic E-state index is 5.08. The van der Waals surface area contributed by atoms with Crippen LogP contribution in [-0.4, -0.2) is 29.2 Å². The minimum Gasteiger partial charge on any atom is -0.357 e. The van der Waals surface area contributed by atoms with Crippen LogP contribution in [-0.2, 0) is 0 Å². The molecule has 3 heteroatoms. The van der Waals surface area contributed by atoms with Crippen molar-refractivity contribution in [3.63, 3.8) is 0 Å². The summed E-state index contributed by atoms with van der Waals surface area (Å²) in [6.45, 7) is 2.54. The van der Waals surface area contributed by atoms with Gasteiger partial charge in [-0.15, -0.1) is 0 Å². The van der Waals surface area contributed by atoms with Crippen molar-refractivity contribution in [2.24, 2.45) is 5.92 Å². The van der Waals surface area contributed by atoms with Crippen molar-refractivity contribution in [1.29, 1.82) is 0 Å². The van der Waals surface area contributed by atoms with Crippen molar-refractivity contribution in [3.8, 4) is 0 Å². The maximum atomic E-state index is 5.08. The monoisotopic (exact) mass is 218 g/mol. The SMILES string of the molecule is C(=CC1CC2CCCN1CC2)c1ccno1. The minimum atomic E-state index is 0.617. The molecule has 4 heterocycles. The second-order valence-corrected chi connectivity index (χ2v) is 4.91. The molecule has 3 atom stereocenters. The molecule has 0 saturated carbocycles. The van der Waals surface area contributed by atoms with Gasteiger partial charge in [-0.2, -0.15) is 0 Å². The molecule has 86 valence electrons. The van der Waals surface area contributed by atoms with Gasteiger partial charge in [0.25, 0.3) is 0 Å². The van der Waals surface area contributed by atoms with E-state index in [1.54, 1.807) is 6.20 Å². The number of hydrogen-bond acceptors (Lipinski definition) is 3. The van der Waals surface area contributed by atoms with Crippen LogP contribution in [0, 0.1) is 5.92 Å². The topological polar surface area (TPSA) is 29.3 Å². The van der Waals surface area contributed by atoms with Gasteiger partial charge in [-0.1, -0.05) is 11.2 Å². The van der Waals surface area contributed by atoms with Gasteiger partial charge in [-0.3, -0.25) is 4.90 Å². The molecule has 16 heavy (non-hydrogen) atoms. The van der Waals surface area contributed by atoms with Gasteiger partial charge in [0.1, 0.15) is 0 Å². The Morgan fingerprint density at radius 3 is 3.25 bits per heavy atom. The third kappa shape index (κ3) is 2.05. The molecule has 1 aromatic rings. The van der Waals surface area contributed by atoms with E-state index in [4.69, 9.17) is 4.52 Å². The first-order valence-corrected chi connectivity index (χ1v) is 6.25. The lowest BCUT2D eigenvalue weighted by Crippen LogP contribution is -2.38. The number of rotatable bonds is 2. The molecule has 3 nitrogen and oxygen atoms in total. The first-order chi connectivity index (χ1) is 7.92. The van der Waals surface area contributed by atoms with Crippen molar-refractivity contribution in [1.82, 2.24) is 10.1 Å². The summed E-state index contributed by atoms with van der Waals surface area (Å²) >= 11 is 0. The molecule has 3 saturated heterocycles. The minimum absolute atomic E-state index is 0.617. The van der Waals surface area contributed by atoms with E-state index in [0.717, 1.165) is 11.7 Å². The van der Waals surface area contributed by atoms with E-state index < -0.39 is 0 Å². The van der Waals surface area contributed by atoms with E-state index >= 15 is 0 Å². The van der Waals surface area contributed by atoms with E-state index in [0.29, 0.717) is 6.04 Å². The van der Waals surface area contributed by atoms with Crippen molar-refractivity contribution in [2.45, 2.75) is 31.7 Å². The molecule has 1 aromatic heterocycles. The van der Waals surface area contributed by atoms with Crippen molar-refractivity contribution in [3.05, 3.63) is 24.1 Å². The predicted molar refractivity (Wildman–Crippen MR) is 62.9 cm³/mol. The van der Waals surface area contributed by atoms with E-state index in [9.17, 15) is 0 Å². The lowest BCUT2D eigenvalue weighted by atomic mass is 9.90. The third-order valence-corrected chi connectivity index (χ3v) is 3.87. The Labute approximate surface area is 96.1 Å². The molecule has 0 spiro atoms. The number of aromatic nitrogens is 1. The highest BCUT2D eigenvalue weighted by Crippen LogP contribution is 2.31. The summed E-state index contributed by atoms with van der Waals surface area (Å²) in [7, 11) is 0. The molecule has 0 N–H and O–H groups in total. The Balaban J connectivity index is 1.70. The molecule has 3 aliphatic rings. The van der Waals surface area contributed by atoms with E-state index in [-0.39, 0.29) is 0 Å². The molecule has 0 aliphatic carbocycles. The number of hydrogen-bond donors (Lipinski definition) is 0. The van der Waals surface area contributed by atoms with Crippen molar-refractivity contribution < 1.29 is 4.52 Å². The summed E-state index contributed by atoms with van der Waals surface area (Å²) < 4.78 is 5.08. The van der Waals surface area contributed by atoms with Gasteiger partial charge in [0, 0.05) is 12.1 Å². The highest BCUT2D eigenvalue weighted by atomic mass is 16.5. The van der Waals surface area contributed by atoms with Gasteiger partial charge in [0.2, 0.25) is 0 Å². The van der Waals surface area contributed by atoms with Crippen LogP contribution in [0.15, 0.2) is 22.9 Å². The largest absolute Gasteiger partial charge is 0.357 e. The predicted octanol–water partition coefficient (Wildman–Crippen LogP) is 2.56. The zero-order chi connectivity index (χ0) is 10.8. The summed E-state index contributed by atoms with van der Waals surface area (Å²) in [5.74, 6) is 1.81. The first kappa shape index (κ1) is 10.1. The summed E-state index contributed by atoms with van der Waals surface area (Å²) in [4.78, 5) is 2.61. The summed E-state index contributed by atoms with van der Waals surface area (Å²) in [6.07, 6.45) is 11.6. The van der Waals surface area contributed by atoms with Crippen molar-refractivity contribution in [2.75, 3.05) is 13.1 Å². The zero-order valence-electron chi connectivity index (χ0n) is 9.51. The average Bonchev–Trinajstić information content (AvgIpc) is 2.63. The normalized spacial score (nSPS) is 34.4. The first-order valence-electron chi connectivity index (χ1n) is 6.25. The van der Waals surface area contributed by atoms with Crippen LogP contribution in [0.3, 0.4) is 0 Å². The Kier molecular flexibility index (Phi) is 2.79. The summed E-state index contributed by atoms with van der Waals surface area (Å²) in [6, 6.07) is 2.52. The van der Waals surface area contributed by atoms with Crippen LogP contribution in [0.5, 0.6) is 0 Å². The molecule has 3 aliphatic heterocycles. The molecule has 0 radical (unpaired) electrons. The molecule has 0 aromatic carbocycles. The molecule has 0 amide bonds. The molecule has 3 fully saturated rings. The van der Waals surface area contributed by atoms with Gasteiger partial charge in [-0.25, -0.2) is 0 Å². The van der Waals surface area contributed by atoms with Gasteiger partial charge in [-0.05, 0) is 50.8 Å². The maximum Gasteiger partial charge on any atom is 0.159 e. The van der Waals surface area contributed by atoms with Crippen LogP contribution in [0.25, 0.3) is 6.08 Å². The molecule has 3 unspecified atom stereocenters. The zero-order valence-corrected chi connectivity index (χ0v) is 9.51. The third-order valence-electron chi connectivity index (χ3n) is 3.87. The van der Waals surface area contributed by atoms with Crippen molar-refractivity contribution >= 4 is 6.08 Å². The lowest BCUT2D eigenvalue weighted by Gasteiger charge is -2.34. The molecular formula is C13H18N2O. The fourth-order valence-electron chi connectivity index (χ4n) is 2.96. The Morgan fingerprint density at radius 1 is 1.38 bits per heavy atom. The summed E-state index contributed by atoms with van der Waals surface area (Å²) in [5.41, 5.74) is 0. The van der Waals surface area contributed by atoms with E-state index in [1.807, 2.05) is 6.07 Å².